The van der Waals surface area contributed by atoms with Crippen LogP contribution in [0, 0.1) is 0 Å². The second-order valence-electron chi connectivity index (χ2n) is 5.59. The number of Topliss-reactive ketones (excluding diaryl/α,β-unsaturated/α-hetero) is 1. The van der Waals surface area contributed by atoms with Gasteiger partial charge in [-0.1, -0.05) is 55.1 Å². The van der Waals surface area contributed by atoms with Crippen LogP contribution < -0.4 is 0 Å². The molecule has 0 aliphatic rings. The van der Waals surface area contributed by atoms with Gasteiger partial charge in [0.2, 0.25) is 5.78 Å². The number of carbonyl (C=O) groups excluding carboxylic acids is 2. The van der Waals surface area contributed by atoms with Crippen LogP contribution in [0.2, 0.25) is 0 Å². The Hall–Kier alpha value is -3.14. The average molecular weight is 320 g/mol. The normalized spacial score (nSPS) is 10.7. The highest BCUT2D eigenvalue weighted by atomic mass is 16.5. The van der Waals surface area contributed by atoms with Crippen molar-refractivity contribution in [1.82, 2.24) is 0 Å². The van der Waals surface area contributed by atoms with Crippen molar-refractivity contribution < 1.29 is 19.4 Å². The summed E-state index contributed by atoms with van der Waals surface area (Å²) in [4.78, 5) is 24.3. The molecule has 0 unspecified atom stereocenters. The molecule has 4 nitrogen and oxygen atoms in total. The summed E-state index contributed by atoms with van der Waals surface area (Å²) in [5.74, 6) is -0.788. The third-order valence-corrected chi connectivity index (χ3v) is 3.86. The van der Waals surface area contributed by atoms with Gasteiger partial charge in [0.15, 0.2) is 6.61 Å². The fraction of sp³-hybridized carbons (Fsp3) is 0.100. The Morgan fingerprint density at radius 2 is 1.42 bits per heavy atom. The molecule has 1 N–H and O–H groups in total. The van der Waals surface area contributed by atoms with Crippen LogP contribution in [0.5, 0.6) is 5.75 Å². The number of phenolic OH excluding ortho intramolecular Hbond substituents is 1. The third kappa shape index (κ3) is 2.63. The van der Waals surface area contributed by atoms with Crippen molar-refractivity contribution in [2.45, 2.75) is 6.92 Å². The topological polar surface area (TPSA) is 63.6 Å². The van der Waals surface area contributed by atoms with Crippen molar-refractivity contribution in [3.05, 3.63) is 66.2 Å². The van der Waals surface area contributed by atoms with Gasteiger partial charge in [0.1, 0.15) is 5.75 Å². The number of esters is 1. The number of carbonyl (C=O) groups is 2. The maximum atomic E-state index is 12.7. The minimum absolute atomic E-state index is 0.136. The van der Waals surface area contributed by atoms with E-state index in [4.69, 9.17) is 4.74 Å². The van der Waals surface area contributed by atoms with Gasteiger partial charge in [-0.05, 0) is 17.7 Å². The first-order chi connectivity index (χ1) is 11.5. The smallest absolute Gasteiger partial charge is 0.333 e. The number of hydrogen-bond donors (Lipinski definition) is 1. The number of fused-ring (bicyclic) bond motifs is 2. The fourth-order valence-corrected chi connectivity index (χ4v) is 2.73. The summed E-state index contributed by atoms with van der Waals surface area (Å²) < 4.78 is 5.00. The molecule has 0 spiro atoms. The third-order valence-electron chi connectivity index (χ3n) is 3.86. The molecule has 3 aromatic rings. The molecular weight excluding hydrogens is 304 g/mol. The average Bonchev–Trinajstić information content (AvgIpc) is 2.60. The van der Waals surface area contributed by atoms with Crippen LogP contribution >= 0.6 is 0 Å². The molecular formula is C20H16O4. The largest absolute Gasteiger partial charge is 0.507 e. The first-order valence-corrected chi connectivity index (χ1v) is 7.49. The van der Waals surface area contributed by atoms with Gasteiger partial charge in [-0.2, -0.15) is 0 Å². The molecule has 3 rings (SSSR count). The van der Waals surface area contributed by atoms with Crippen LogP contribution in [-0.4, -0.2) is 23.5 Å². The fourth-order valence-electron chi connectivity index (χ4n) is 2.73. The van der Waals surface area contributed by atoms with Crippen LogP contribution in [0.4, 0.5) is 0 Å². The van der Waals surface area contributed by atoms with E-state index in [1.54, 1.807) is 48.5 Å². The quantitative estimate of drug-likeness (QED) is 0.341. The number of hydrogen-bond acceptors (Lipinski definition) is 4. The van der Waals surface area contributed by atoms with Crippen molar-refractivity contribution in [2.75, 3.05) is 6.61 Å². The number of ketones is 1. The van der Waals surface area contributed by atoms with Gasteiger partial charge < -0.3 is 9.84 Å². The second kappa shape index (κ2) is 6.16. The maximum Gasteiger partial charge on any atom is 0.333 e. The summed E-state index contributed by atoms with van der Waals surface area (Å²) >= 11 is 0. The lowest BCUT2D eigenvalue weighted by Crippen LogP contribution is -2.15. The van der Waals surface area contributed by atoms with E-state index in [1.165, 1.54) is 6.92 Å². The highest BCUT2D eigenvalue weighted by molar-refractivity contribution is 6.22. The van der Waals surface area contributed by atoms with Gasteiger partial charge in [0, 0.05) is 21.9 Å². The number of aromatic hydroxyl groups is 1. The Kier molecular flexibility index (Phi) is 4.04. The SMILES string of the molecule is C=C(C)C(=O)OCC(=O)c1c2ccccc2c(O)c2ccccc12. The van der Waals surface area contributed by atoms with Gasteiger partial charge in [-0.15, -0.1) is 0 Å². The molecule has 0 radical (unpaired) electrons. The van der Waals surface area contributed by atoms with Crippen molar-refractivity contribution in [3.63, 3.8) is 0 Å². The Bertz CT molecular complexity index is 929. The first kappa shape index (κ1) is 15.7. The lowest BCUT2D eigenvalue weighted by molar-refractivity contribution is -0.137. The zero-order valence-corrected chi connectivity index (χ0v) is 13.2. The van der Waals surface area contributed by atoms with Gasteiger partial charge in [0.25, 0.3) is 0 Å². The Labute approximate surface area is 139 Å². The van der Waals surface area contributed by atoms with E-state index in [9.17, 15) is 14.7 Å². The van der Waals surface area contributed by atoms with Crippen LogP contribution in [0.15, 0.2) is 60.7 Å². The van der Waals surface area contributed by atoms with Crippen molar-refractivity contribution >= 4 is 33.3 Å². The highest BCUT2D eigenvalue weighted by Gasteiger charge is 2.19. The molecule has 0 aliphatic heterocycles. The van der Waals surface area contributed by atoms with E-state index in [0.717, 1.165) is 0 Å². The van der Waals surface area contributed by atoms with E-state index in [1.807, 2.05) is 0 Å². The number of rotatable bonds is 4. The summed E-state index contributed by atoms with van der Waals surface area (Å²) in [6, 6.07) is 14.3. The van der Waals surface area contributed by atoms with Crippen LogP contribution in [0.25, 0.3) is 21.5 Å². The Balaban J connectivity index is 2.17. The van der Waals surface area contributed by atoms with E-state index in [0.29, 0.717) is 27.1 Å². The zero-order chi connectivity index (χ0) is 17.3. The van der Waals surface area contributed by atoms with Crippen molar-refractivity contribution in [2.24, 2.45) is 0 Å². The molecule has 0 fully saturated rings. The molecule has 3 aromatic carbocycles. The van der Waals surface area contributed by atoms with Gasteiger partial charge >= 0.3 is 5.97 Å². The molecule has 0 saturated heterocycles. The van der Waals surface area contributed by atoms with Crippen LogP contribution in [-0.2, 0) is 9.53 Å². The first-order valence-electron chi connectivity index (χ1n) is 7.49. The summed E-state index contributed by atoms with van der Waals surface area (Å²) in [6.07, 6.45) is 0. The molecule has 4 heteroatoms. The zero-order valence-electron chi connectivity index (χ0n) is 13.2. The van der Waals surface area contributed by atoms with Gasteiger partial charge in [0.05, 0.1) is 0 Å². The molecule has 0 atom stereocenters. The standard InChI is InChI=1S/C20H16O4/c1-12(2)20(23)24-11-17(21)18-13-7-3-5-9-15(13)19(22)16-10-6-4-8-14(16)18/h3-10,22H,1,11H2,2H3. The maximum absolute atomic E-state index is 12.7. The minimum Gasteiger partial charge on any atom is -0.507 e. The predicted molar refractivity (Wildman–Crippen MR) is 93.2 cm³/mol. The Morgan fingerprint density at radius 3 is 1.88 bits per heavy atom. The second-order valence-corrected chi connectivity index (χ2v) is 5.59. The van der Waals surface area contributed by atoms with E-state index >= 15 is 0 Å². The number of phenols is 1. The van der Waals surface area contributed by atoms with Gasteiger partial charge in [-0.25, -0.2) is 4.79 Å². The van der Waals surface area contributed by atoms with E-state index < -0.39 is 5.97 Å². The highest BCUT2D eigenvalue weighted by Crippen LogP contribution is 2.37. The summed E-state index contributed by atoms with van der Waals surface area (Å²) in [5, 5.41) is 12.9. The summed E-state index contributed by atoms with van der Waals surface area (Å²) in [5.41, 5.74) is 0.678. The molecule has 120 valence electrons. The summed E-state index contributed by atoms with van der Waals surface area (Å²) in [7, 11) is 0. The lowest BCUT2D eigenvalue weighted by atomic mass is 9.93. The van der Waals surface area contributed by atoms with Crippen LogP contribution in [0.3, 0.4) is 0 Å². The molecule has 0 aliphatic carbocycles. The molecule has 0 heterocycles. The Morgan fingerprint density at radius 1 is 0.958 bits per heavy atom. The summed E-state index contributed by atoms with van der Waals surface area (Å²) in [6.45, 7) is 4.65. The molecule has 0 saturated carbocycles. The molecule has 0 bridgehead atoms. The minimum atomic E-state index is -0.601. The van der Waals surface area contributed by atoms with Crippen molar-refractivity contribution in [3.8, 4) is 5.75 Å². The number of ether oxygens (including phenoxy) is 1. The molecule has 0 amide bonds. The predicted octanol–water partition coefficient (Wildman–Crippen LogP) is 4.00. The monoisotopic (exact) mass is 320 g/mol. The molecule has 24 heavy (non-hydrogen) atoms. The number of benzene rings is 3. The van der Waals surface area contributed by atoms with Crippen molar-refractivity contribution in [1.29, 1.82) is 0 Å². The molecule has 0 aromatic heterocycles. The van der Waals surface area contributed by atoms with Crippen LogP contribution in [0.1, 0.15) is 17.3 Å². The van der Waals surface area contributed by atoms with E-state index in [-0.39, 0.29) is 23.7 Å². The van der Waals surface area contributed by atoms with Gasteiger partial charge in [-0.3, -0.25) is 4.79 Å². The lowest BCUT2D eigenvalue weighted by Gasteiger charge is -2.13. The van der Waals surface area contributed by atoms with E-state index in [2.05, 4.69) is 6.58 Å².